The van der Waals surface area contributed by atoms with Gasteiger partial charge in [-0.25, -0.2) is 0 Å². The molecule has 0 radical (unpaired) electrons. The van der Waals surface area contributed by atoms with E-state index in [0.29, 0.717) is 6.61 Å². The molecule has 1 aliphatic rings. The molecule has 0 unspecified atom stereocenters. The summed E-state index contributed by atoms with van der Waals surface area (Å²) < 4.78 is 11.0. The van der Waals surface area contributed by atoms with Gasteiger partial charge in [-0.05, 0) is 17.5 Å². The van der Waals surface area contributed by atoms with Gasteiger partial charge in [0, 0.05) is 46.4 Å². The Morgan fingerprint density at radius 1 is 1.15 bits per heavy atom. The molecule has 0 bridgehead atoms. The molecule has 0 spiro atoms. The van der Waals surface area contributed by atoms with Gasteiger partial charge >= 0.3 is 0 Å². The minimum atomic E-state index is 0. The van der Waals surface area contributed by atoms with Crippen LogP contribution >= 0.6 is 24.0 Å². The van der Waals surface area contributed by atoms with Crippen LogP contribution in [0.1, 0.15) is 30.9 Å². The van der Waals surface area contributed by atoms with E-state index in [4.69, 9.17) is 9.47 Å². The Balaban J connectivity index is 0.00000364. The van der Waals surface area contributed by atoms with Gasteiger partial charge in [0.1, 0.15) is 0 Å². The topological polar surface area (TPSA) is 58.1 Å². The quantitative estimate of drug-likeness (QED) is 0.229. The Kier molecular flexibility index (Phi) is 13.5. The van der Waals surface area contributed by atoms with Crippen LogP contribution in [0.25, 0.3) is 0 Å². The molecule has 0 saturated carbocycles. The zero-order valence-corrected chi connectivity index (χ0v) is 19.0. The van der Waals surface area contributed by atoms with Gasteiger partial charge < -0.3 is 20.1 Å². The highest BCUT2D eigenvalue weighted by atomic mass is 127. The van der Waals surface area contributed by atoms with Gasteiger partial charge in [0.2, 0.25) is 0 Å². The molecule has 1 heterocycles. The lowest BCUT2D eigenvalue weighted by molar-refractivity contribution is 0.0341. The lowest BCUT2D eigenvalue weighted by Crippen LogP contribution is -2.39. The smallest absolute Gasteiger partial charge is 0.191 e. The van der Waals surface area contributed by atoms with Crippen molar-refractivity contribution >= 4 is 29.9 Å². The van der Waals surface area contributed by atoms with Crippen molar-refractivity contribution in [1.82, 2.24) is 15.5 Å². The maximum Gasteiger partial charge on any atom is 0.191 e. The standard InChI is InChI=1S/C20H34N4O2.HI/c1-3-4-12-25-13-9-22-20(21-2)23-16-18-7-5-6-8-19(18)17-24-10-14-26-15-11-24;/h5-8H,3-4,9-17H2,1-2H3,(H2,21,22,23);1H. The Morgan fingerprint density at radius 3 is 2.59 bits per heavy atom. The first kappa shape index (κ1) is 24.1. The van der Waals surface area contributed by atoms with Crippen LogP contribution in [0.2, 0.25) is 0 Å². The summed E-state index contributed by atoms with van der Waals surface area (Å²) in [5.41, 5.74) is 2.67. The summed E-state index contributed by atoms with van der Waals surface area (Å²) in [6.07, 6.45) is 2.29. The number of morpholine rings is 1. The molecule has 154 valence electrons. The molecule has 0 amide bonds. The van der Waals surface area contributed by atoms with Crippen molar-refractivity contribution in [2.24, 2.45) is 4.99 Å². The number of unbranched alkanes of at least 4 members (excludes halogenated alkanes) is 1. The highest BCUT2D eigenvalue weighted by Gasteiger charge is 2.12. The fourth-order valence-electron chi connectivity index (χ4n) is 2.87. The average molecular weight is 490 g/mol. The van der Waals surface area contributed by atoms with E-state index in [0.717, 1.165) is 64.9 Å². The molecule has 0 aliphatic carbocycles. The van der Waals surface area contributed by atoms with Gasteiger partial charge in [0.15, 0.2) is 5.96 Å². The summed E-state index contributed by atoms with van der Waals surface area (Å²) in [5.74, 6) is 0.810. The van der Waals surface area contributed by atoms with Crippen LogP contribution in [0.15, 0.2) is 29.3 Å². The van der Waals surface area contributed by atoms with E-state index in [1.54, 1.807) is 7.05 Å². The fraction of sp³-hybridized carbons (Fsp3) is 0.650. The second-order valence-corrected chi connectivity index (χ2v) is 6.48. The van der Waals surface area contributed by atoms with Gasteiger partial charge in [-0.15, -0.1) is 24.0 Å². The molecule has 1 saturated heterocycles. The number of nitrogens with one attached hydrogen (secondary N) is 2. The minimum Gasteiger partial charge on any atom is -0.380 e. The van der Waals surface area contributed by atoms with Crippen LogP contribution in [-0.4, -0.2) is 64.0 Å². The second-order valence-electron chi connectivity index (χ2n) is 6.48. The van der Waals surface area contributed by atoms with Crippen LogP contribution in [-0.2, 0) is 22.6 Å². The van der Waals surface area contributed by atoms with Crippen molar-refractivity contribution in [3.05, 3.63) is 35.4 Å². The maximum atomic E-state index is 5.57. The van der Waals surface area contributed by atoms with E-state index in [1.165, 1.54) is 17.5 Å². The third kappa shape index (κ3) is 9.73. The van der Waals surface area contributed by atoms with Gasteiger partial charge in [0.25, 0.3) is 0 Å². The number of guanidine groups is 1. The lowest BCUT2D eigenvalue weighted by atomic mass is 10.1. The van der Waals surface area contributed by atoms with Crippen molar-refractivity contribution in [1.29, 1.82) is 0 Å². The Labute approximate surface area is 181 Å². The SMILES string of the molecule is CCCCOCCNC(=NC)NCc1ccccc1CN1CCOCC1.I. The number of ether oxygens (including phenoxy) is 2. The maximum absolute atomic E-state index is 5.57. The normalized spacial score (nSPS) is 15.3. The summed E-state index contributed by atoms with van der Waals surface area (Å²) in [5, 5.41) is 6.71. The molecule has 27 heavy (non-hydrogen) atoms. The van der Waals surface area contributed by atoms with E-state index in [1.807, 2.05) is 0 Å². The zero-order valence-electron chi connectivity index (χ0n) is 16.7. The first-order chi connectivity index (χ1) is 12.8. The van der Waals surface area contributed by atoms with Crippen LogP contribution in [0.3, 0.4) is 0 Å². The van der Waals surface area contributed by atoms with Crippen LogP contribution in [0.5, 0.6) is 0 Å². The van der Waals surface area contributed by atoms with Crippen molar-refractivity contribution in [3.8, 4) is 0 Å². The second kappa shape index (κ2) is 15.1. The van der Waals surface area contributed by atoms with E-state index in [9.17, 15) is 0 Å². The van der Waals surface area contributed by atoms with E-state index in [-0.39, 0.29) is 24.0 Å². The van der Waals surface area contributed by atoms with E-state index in [2.05, 4.69) is 51.7 Å². The summed E-state index contributed by atoms with van der Waals surface area (Å²) >= 11 is 0. The van der Waals surface area contributed by atoms with Crippen LogP contribution in [0.4, 0.5) is 0 Å². The van der Waals surface area contributed by atoms with E-state index >= 15 is 0 Å². The fourth-order valence-corrected chi connectivity index (χ4v) is 2.87. The minimum absolute atomic E-state index is 0. The number of hydrogen-bond donors (Lipinski definition) is 2. The largest absolute Gasteiger partial charge is 0.380 e. The average Bonchev–Trinajstić information content (AvgIpc) is 2.69. The lowest BCUT2D eigenvalue weighted by Gasteiger charge is -2.27. The zero-order chi connectivity index (χ0) is 18.5. The first-order valence-electron chi connectivity index (χ1n) is 9.72. The summed E-state index contributed by atoms with van der Waals surface area (Å²) in [6.45, 7) is 9.87. The Hall–Kier alpha value is -0.900. The Morgan fingerprint density at radius 2 is 1.89 bits per heavy atom. The molecule has 0 aromatic heterocycles. The number of rotatable bonds is 10. The van der Waals surface area contributed by atoms with Gasteiger partial charge in [-0.3, -0.25) is 9.89 Å². The summed E-state index contributed by atoms with van der Waals surface area (Å²) in [4.78, 5) is 6.74. The highest BCUT2D eigenvalue weighted by molar-refractivity contribution is 14.0. The predicted octanol–water partition coefficient (Wildman–Crippen LogP) is 2.62. The molecule has 7 heteroatoms. The third-order valence-corrected chi connectivity index (χ3v) is 4.47. The molecule has 1 fully saturated rings. The summed E-state index contributed by atoms with van der Waals surface area (Å²) in [6, 6.07) is 8.60. The number of halogens is 1. The summed E-state index contributed by atoms with van der Waals surface area (Å²) in [7, 11) is 1.80. The van der Waals surface area contributed by atoms with Gasteiger partial charge in [-0.2, -0.15) is 0 Å². The monoisotopic (exact) mass is 490 g/mol. The molecule has 6 nitrogen and oxygen atoms in total. The number of aliphatic imine (C=N–C) groups is 1. The van der Waals surface area contributed by atoms with Crippen molar-refractivity contribution < 1.29 is 9.47 Å². The van der Waals surface area contributed by atoms with Gasteiger partial charge in [-0.1, -0.05) is 37.6 Å². The number of hydrogen-bond acceptors (Lipinski definition) is 4. The molecular weight excluding hydrogens is 455 g/mol. The van der Waals surface area contributed by atoms with Gasteiger partial charge in [0.05, 0.1) is 19.8 Å². The molecule has 0 atom stereocenters. The molecular formula is C20H35IN4O2. The highest BCUT2D eigenvalue weighted by Crippen LogP contribution is 2.12. The predicted molar refractivity (Wildman–Crippen MR) is 122 cm³/mol. The molecule has 2 N–H and O–H groups in total. The molecule has 1 aromatic carbocycles. The van der Waals surface area contributed by atoms with Crippen molar-refractivity contribution in [3.63, 3.8) is 0 Å². The van der Waals surface area contributed by atoms with Crippen LogP contribution in [0, 0.1) is 0 Å². The van der Waals surface area contributed by atoms with E-state index < -0.39 is 0 Å². The number of benzene rings is 1. The molecule has 1 aliphatic heterocycles. The first-order valence-corrected chi connectivity index (χ1v) is 9.72. The number of nitrogens with zero attached hydrogens (tertiary/aromatic N) is 2. The van der Waals surface area contributed by atoms with Crippen LogP contribution < -0.4 is 10.6 Å². The van der Waals surface area contributed by atoms with Crippen molar-refractivity contribution in [2.45, 2.75) is 32.9 Å². The third-order valence-electron chi connectivity index (χ3n) is 4.47. The Bertz CT molecular complexity index is 536. The van der Waals surface area contributed by atoms with Crippen molar-refractivity contribution in [2.75, 3.05) is 53.1 Å². The molecule has 1 aromatic rings. The molecule has 2 rings (SSSR count).